The molecule has 0 bridgehead atoms. The minimum absolute atomic E-state index is 0.00231. The van der Waals surface area contributed by atoms with Crippen molar-refractivity contribution in [3.63, 3.8) is 0 Å². The minimum atomic E-state index is -1.19. The van der Waals surface area contributed by atoms with Gasteiger partial charge in [-0.3, -0.25) is 4.79 Å². The van der Waals surface area contributed by atoms with Crippen LogP contribution in [0.1, 0.15) is 24.3 Å². The maximum Gasteiger partial charge on any atom is 0.220 e. The molecule has 1 N–H and O–H groups in total. The summed E-state index contributed by atoms with van der Waals surface area (Å²) in [5.74, 6) is -3.49. The molecule has 0 aromatic heterocycles. The Balaban J connectivity index is 2.29. The monoisotopic (exact) mass is 229 g/mol. The summed E-state index contributed by atoms with van der Waals surface area (Å²) < 4.78 is 39.3. The fraction of sp³-hybridized carbons (Fsp3) is 0.364. The average Bonchev–Trinajstić information content (AvgIpc) is 2.25. The molecule has 5 heteroatoms. The highest BCUT2D eigenvalue weighted by Gasteiger charge is 2.24. The first-order chi connectivity index (χ1) is 7.58. The summed E-state index contributed by atoms with van der Waals surface area (Å²) in [5, 5.41) is 2.55. The molecular weight excluding hydrogens is 219 g/mol. The lowest BCUT2D eigenvalue weighted by atomic mass is 9.91. The van der Waals surface area contributed by atoms with Crippen LogP contribution in [0.25, 0.3) is 0 Å². The van der Waals surface area contributed by atoms with Crippen LogP contribution in [0.4, 0.5) is 13.2 Å². The molecule has 16 heavy (non-hydrogen) atoms. The van der Waals surface area contributed by atoms with Crippen molar-refractivity contribution in [1.29, 1.82) is 0 Å². The summed E-state index contributed by atoms with van der Waals surface area (Å²) in [4.78, 5) is 10.9. The largest absolute Gasteiger partial charge is 0.355 e. The third kappa shape index (κ3) is 2.03. The highest BCUT2D eigenvalue weighted by Crippen LogP contribution is 2.27. The Labute approximate surface area is 90.5 Å². The SMILES string of the molecule is O=C1CCC(c2cc(F)cc(F)c2F)CN1. The Hall–Kier alpha value is -1.52. The highest BCUT2D eigenvalue weighted by atomic mass is 19.2. The van der Waals surface area contributed by atoms with Crippen LogP contribution in [0, 0.1) is 17.5 Å². The minimum Gasteiger partial charge on any atom is -0.355 e. The number of carbonyl (C=O) groups is 1. The lowest BCUT2D eigenvalue weighted by Gasteiger charge is -2.23. The molecular formula is C11H10F3NO. The standard InChI is InChI=1S/C11H10F3NO/c12-7-3-8(11(14)9(13)4-7)6-1-2-10(16)15-5-6/h3-4,6H,1-2,5H2,(H,15,16). The molecule has 86 valence electrons. The van der Waals surface area contributed by atoms with Crippen molar-refractivity contribution in [1.82, 2.24) is 5.32 Å². The van der Waals surface area contributed by atoms with Crippen LogP contribution in [0.2, 0.25) is 0 Å². The van der Waals surface area contributed by atoms with Crippen molar-refractivity contribution in [2.24, 2.45) is 0 Å². The molecule has 1 heterocycles. The van der Waals surface area contributed by atoms with Crippen molar-refractivity contribution < 1.29 is 18.0 Å². The van der Waals surface area contributed by atoms with E-state index in [-0.39, 0.29) is 30.4 Å². The van der Waals surface area contributed by atoms with Gasteiger partial charge >= 0.3 is 0 Å². The summed E-state index contributed by atoms with van der Waals surface area (Å²) in [5.41, 5.74) is -0.00231. The molecule has 1 aliphatic heterocycles. The molecule has 0 radical (unpaired) electrons. The first-order valence-electron chi connectivity index (χ1n) is 4.99. The maximum absolute atomic E-state index is 13.4. The van der Waals surface area contributed by atoms with E-state index in [0.717, 1.165) is 6.07 Å². The zero-order valence-corrected chi connectivity index (χ0v) is 8.40. The molecule has 0 spiro atoms. The molecule has 1 aromatic carbocycles. The van der Waals surface area contributed by atoms with E-state index < -0.39 is 17.5 Å². The van der Waals surface area contributed by atoms with Gasteiger partial charge in [-0.05, 0) is 18.1 Å². The first kappa shape index (κ1) is 11.0. The van der Waals surface area contributed by atoms with Gasteiger partial charge in [0.25, 0.3) is 0 Å². The van der Waals surface area contributed by atoms with Gasteiger partial charge in [-0.15, -0.1) is 0 Å². The Morgan fingerprint density at radius 3 is 2.62 bits per heavy atom. The second kappa shape index (κ2) is 4.15. The molecule has 1 atom stereocenters. The lowest BCUT2D eigenvalue weighted by molar-refractivity contribution is -0.122. The van der Waals surface area contributed by atoms with Crippen LogP contribution >= 0.6 is 0 Å². The second-order valence-corrected chi connectivity index (χ2v) is 3.83. The maximum atomic E-state index is 13.4. The van der Waals surface area contributed by atoms with Crippen LogP contribution in [-0.4, -0.2) is 12.5 Å². The number of hydrogen-bond acceptors (Lipinski definition) is 1. The zero-order valence-electron chi connectivity index (χ0n) is 8.40. The number of hydrogen-bond donors (Lipinski definition) is 1. The zero-order chi connectivity index (χ0) is 11.7. The molecule has 2 rings (SSSR count). The second-order valence-electron chi connectivity index (χ2n) is 3.83. The van der Waals surface area contributed by atoms with Crippen molar-refractivity contribution in [2.45, 2.75) is 18.8 Å². The van der Waals surface area contributed by atoms with Crippen molar-refractivity contribution in [3.05, 3.63) is 35.1 Å². The smallest absolute Gasteiger partial charge is 0.220 e. The number of amides is 1. The average molecular weight is 229 g/mol. The van der Waals surface area contributed by atoms with E-state index in [0.29, 0.717) is 12.5 Å². The Bertz CT molecular complexity index is 423. The van der Waals surface area contributed by atoms with Gasteiger partial charge in [0.2, 0.25) is 5.91 Å². The topological polar surface area (TPSA) is 29.1 Å². The predicted molar refractivity (Wildman–Crippen MR) is 51.3 cm³/mol. The van der Waals surface area contributed by atoms with Gasteiger partial charge in [0.15, 0.2) is 11.6 Å². The first-order valence-corrected chi connectivity index (χ1v) is 4.99. The van der Waals surface area contributed by atoms with Gasteiger partial charge in [-0.1, -0.05) is 0 Å². The molecule has 1 fully saturated rings. The summed E-state index contributed by atoms with van der Waals surface area (Å²) in [7, 11) is 0. The number of nitrogens with one attached hydrogen (secondary N) is 1. The van der Waals surface area contributed by atoms with Crippen LogP contribution in [0.5, 0.6) is 0 Å². The van der Waals surface area contributed by atoms with Gasteiger partial charge in [-0.2, -0.15) is 0 Å². The Kier molecular flexibility index (Phi) is 2.85. The van der Waals surface area contributed by atoms with Crippen LogP contribution in [0.3, 0.4) is 0 Å². The Morgan fingerprint density at radius 2 is 2.00 bits per heavy atom. The normalized spacial score (nSPS) is 20.7. The van der Waals surface area contributed by atoms with E-state index in [9.17, 15) is 18.0 Å². The van der Waals surface area contributed by atoms with E-state index >= 15 is 0 Å². The fourth-order valence-electron chi connectivity index (χ4n) is 1.87. The quantitative estimate of drug-likeness (QED) is 0.734. The third-order valence-electron chi connectivity index (χ3n) is 2.73. The highest BCUT2D eigenvalue weighted by molar-refractivity contribution is 5.76. The molecule has 2 nitrogen and oxygen atoms in total. The van der Waals surface area contributed by atoms with Gasteiger partial charge in [-0.25, -0.2) is 13.2 Å². The predicted octanol–water partition coefficient (Wildman–Crippen LogP) is 2.10. The lowest BCUT2D eigenvalue weighted by Crippen LogP contribution is -2.34. The van der Waals surface area contributed by atoms with E-state index in [1.807, 2.05) is 0 Å². The van der Waals surface area contributed by atoms with Gasteiger partial charge in [0, 0.05) is 24.9 Å². The van der Waals surface area contributed by atoms with Crippen LogP contribution in [0.15, 0.2) is 12.1 Å². The number of rotatable bonds is 1. The molecule has 1 aromatic rings. The van der Waals surface area contributed by atoms with Crippen molar-refractivity contribution in [3.8, 4) is 0 Å². The third-order valence-corrected chi connectivity index (χ3v) is 2.73. The number of carbonyl (C=O) groups excluding carboxylic acids is 1. The summed E-state index contributed by atoms with van der Waals surface area (Å²) in [6, 6.07) is 1.50. The molecule has 1 unspecified atom stereocenters. The molecule has 1 amide bonds. The van der Waals surface area contributed by atoms with E-state index in [1.165, 1.54) is 0 Å². The Morgan fingerprint density at radius 1 is 1.25 bits per heavy atom. The van der Waals surface area contributed by atoms with Crippen LogP contribution < -0.4 is 5.32 Å². The molecule has 0 aliphatic carbocycles. The molecule has 0 saturated carbocycles. The fourth-order valence-corrected chi connectivity index (χ4v) is 1.87. The summed E-state index contributed by atoms with van der Waals surface area (Å²) >= 11 is 0. The summed E-state index contributed by atoms with van der Waals surface area (Å²) in [6.45, 7) is 0.221. The van der Waals surface area contributed by atoms with Crippen molar-refractivity contribution >= 4 is 5.91 Å². The van der Waals surface area contributed by atoms with Gasteiger partial charge in [0.1, 0.15) is 5.82 Å². The van der Waals surface area contributed by atoms with Crippen molar-refractivity contribution in [2.75, 3.05) is 6.54 Å². The number of piperidine rings is 1. The molecule has 1 saturated heterocycles. The van der Waals surface area contributed by atoms with Gasteiger partial charge in [0.05, 0.1) is 0 Å². The molecule has 1 aliphatic rings. The van der Waals surface area contributed by atoms with E-state index in [2.05, 4.69) is 5.32 Å². The van der Waals surface area contributed by atoms with Crippen LogP contribution in [-0.2, 0) is 4.79 Å². The summed E-state index contributed by atoms with van der Waals surface area (Å²) in [6.07, 6.45) is 0.661. The van der Waals surface area contributed by atoms with E-state index in [4.69, 9.17) is 0 Å². The van der Waals surface area contributed by atoms with Gasteiger partial charge < -0.3 is 5.32 Å². The number of benzene rings is 1. The van der Waals surface area contributed by atoms with E-state index in [1.54, 1.807) is 0 Å². The number of halogens is 3.